The zero-order valence-corrected chi connectivity index (χ0v) is 9.83. The standard InChI is InChI=1S/C14H12OS/c1-16(15)14-12-8-4-2-6-10(12)11-7-3-5-9-13(11)14/h2-9,14H,1H3/t16-/m0/s1. The summed E-state index contributed by atoms with van der Waals surface area (Å²) in [5.74, 6) is 0. The van der Waals surface area contributed by atoms with E-state index in [0.717, 1.165) is 0 Å². The molecule has 0 bridgehead atoms. The number of hydrogen-bond donors (Lipinski definition) is 0. The molecule has 1 aliphatic rings. The maximum absolute atomic E-state index is 11.9. The van der Waals surface area contributed by atoms with Gasteiger partial charge in [-0.15, -0.1) is 0 Å². The summed E-state index contributed by atoms with van der Waals surface area (Å²) in [7, 11) is -0.864. The van der Waals surface area contributed by atoms with Crippen molar-refractivity contribution in [1.29, 1.82) is 0 Å². The highest BCUT2D eigenvalue weighted by atomic mass is 32.2. The van der Waals surface area contributed by atoms with Crippen LogP contribution in [0.5, 0.6) is 0 Å². The topological polar surface area (TPSA) is 17.1 Å². The average molecular weight is 228 g/mol. The number of fused-ring (bicyclic) bond motifs is 3. The highest BCUT2D eigenvalue weighted by Gasteiger charge is 2.30. The zero-order chi connectivity index (χ0) is 11.1. The van der Waals surface area contributed by atoms with Crippen LogP contribution in [0.15, 0.2) is 48.5 Å². The van der Waals surface area contributed by atoms with E-state index in [0.29, 0.717) is 0 Å². The molecule has 0 radical (unpaired) electrons. The highest BCUT2D eigenvalue weighted by molar-refractivity contribution is 7.84. The predicted molar refractivity (Wildman–Crippen MR) is 67.8 cm³/mol. The summed E-state index contributed by atoms with van der Waals surface area (Å²) in [4.78, 5) is 0. The van der Waals surface area contributed by atoms with Crippen LogP contribution in [-0.2, 0) is 10.8 Å². The Morgan fingerprint density at radius 3 is 1.75 bits per heavy atom. The molecule has 2 aromatic carbocycles. The molecule has 0 heterocycles. The van der Waals surface area contributed by atoms with E-state index in [1.807, 2.05) is 24.3 Å². The molecule has 80 valence electrons. The minimum absolute atomic E-state index is 0.0485. The molecule has 3 rings (SSSR count). The highest BCUT2D eigenvalue weighted by Crippen LogP contribution is 2.45. The molecule has 0 spiro atoms. The van der Waals surface area contributed by atoms with Gasteiger partial charge in [-0.2, -0.15) is 0 Å². The van der Waals surface area contributed by atoms with Gasteiger partial charge >= 0.3 is 0 Å². The molecule has 0 amide bonds. The van der Waals surface area contributed by atoms with Gasteiger partial charge < -0.3 is 0 Å². The second-order valence-electron chi connectivity index (χ2n) is 4.05. The normalized spacial score (nSPS) is 15.6. The average Bonchev–Trinajstić information content (AvgIpc) is 2.63. The first-order valence-corrected chi connectivity index (χ1v) is 6.91. The number of benzene rings is 2. The second-order valence-corrected chi connectivity index (χ2v) is 5.52. The van der Waals surface area contributed by atoms with Crippen LogP contribution in [0.25, 0.3) is 11.1 Å². The van der Waals surface area contributed by atoms with Gasteiger partial charge in [-0.25, -0.2) is 0 Å². The third-order valence-electron chi connectivity index (χ3n) is 3.11. The Hall–Kier alpha value is -1.41. The van der Waals surface area contributed by atoms with Gasteiger partial charge in [-0.3, -0.25) is 4.21 Å². The van der Waals surface area contributed by atoms with Crippen molar-refractivity contribution in [2.45, 2.75) is 5.25 Å². The Morgan fingerprint density at radius 1 is 0.875 bits per heavy atom. The van der Waals surface area contributed by atoms with E-state index in [9.17, 15) is 4.21 Å². The van der Waals surface area contributed by atoms with E-state index < -0.39 is 10.8 Å². The summed E-state index contributed by atoms with van der Waals surface area (Å²) in [6.07, 6.45) is 1.78. The molecular weight excluding hydrogens is 216 g/mol. The van der Waals surface area contributed by atoms with Crippen molar-refractivity contribution in [1.82, 2.24) is 0 Å². The van der Waals surface area contributed by atoms with Gasteiger partial charge in [-0.05, 0) is 22.3 Å². The monoisotopic (exact) mass is 228 g/mol. The molecule has 0 aromatic heterocycles. The van der Waals surface area contributed by atoms with Gasteiger partial charge in [0.2, 0.25) is 0 Å². The van der Waals surface area contributed by atoms with E-state index in [1.54, 1.807) is 6.26 Å². The Bertz CT molecular complexity index is 529. The summed E-state index contributed by atoms with van der Waals surface area (Å²) in [5.41, 5.74) is 4.87. The molecule has 2 heteroatoms. The Morgan fingerprint density at radius 2 is 1.31 bits per heavy atom. The van der Waals surface area contributed by atoms with Crippen LogP contribution in [0.4, 0.5) is 0 Å². The molecule has 0 aliphatic heterocycles. The van der Waals surface area contributed by atoms with E-state index in [-0.39, 0.29) is 5.25 Å². The van der Waals surface area contributed by atoms with Crippen molar-refractivity contribution in [2.75, 3.05) is 6.26 Å². The minimum Gasteiger partial charge on any atom is -0.259 e. The fraction of sp³-hybridized carbons (Fsp3) is 0.143. The fourth-order valence-corrected chi connectivity index (χ4v) is 3.59. The summed E-state index contributed by atoms with van der Waals surface area (Å²) in [5, 5.41) is 0.0485. The summed E-state index contributed by atoms with van der Waals surface area (Å²) < 4.78 is 11.9. The predicted octanol–water partition coefficient (Wildman–Crippen LogP) is 3.13. The lowest BCUT2D eigenvalue weighted by atomic mass is 10.1. The summed E-state index contributed by atoms with van der Waals surface area (Å²) in [6, 6.07) is 16.5. The lowest BCUT2D eigenvalue weighted by Gasteiger charge is -2.09. The zero-order valence-electron chi connectivity index (χ0n) is 9.01. The SMILES string of the molecule is C[S@](=O)C1c2ccccc2-c2ccccc21. The van der Waals surface area contributed by atoms with Crippen LogP contribution < -0.4 is 0 Å². The Balaban J connectivity index is 2.34. The Labute approximate surface area is 97.6 Å². The molecular formula is C14H12OS. The Kier molecular flexibility index (Phi) is 2.18. The fourth-order valence-electron chi connectivity index (χ4n) is 2.47. The van der Waals surface area contributed by atoms with Gasteiger partial charge in [0.15, 0.2) is 0 Å². The molecule has 0 saturated carbocycles. The molecule has 0 saturated heterocycles. The number of hydrogen-bond acceptors (Lipinski definition) is 1. The smallest absolute Gasteiger partial charge is 0.0855 e. The van der Waals surface area contributed by atoms with Crippen LogP contribution >= 0.6 is 0 Å². The van der Waals surface area contributed by atoms with Crippen molar-refractivity contribution < 1.29 is 4.21 Å². The van der Waals surface area contributed by atoms with Crippen LogP contribution in [0.1, 0.15) is 16.4 Å². The molecule has 1 atom stereocenters. The van der Waals surface area contributed by atoms with Crippen molar-refractivity contribution in [3.8, 4) is 11.1 Å². The molecule has 16 heavy (non-hydrogen) atoms. The summed E-state index contributed by atoms with van der Waals surface area (Å²) in [6.45, 7) is 0. The quantitative estimate of drug-likeness (QED) is 0.733. The molecule has 2 aromatic rings. The third-order valence-corrected chi connectivity index (χ3v) is 4.28. The lowest BCUT2D eigenvalue weighted by Crippen LogP contribution is -2.02. The van der Waals surface area contributed by atoms with Crippen molar-refractivity contribution in [3.63, 3.8) is 0 Å². The van der Waals surface area contributed by atoms with E-state index in [2.05, 4.69) is 24.3 Å². The first-order valence-electron chi connectivity index (χ1n) is 5.29. The van der Waals surface area contributed by atoms with Crippen LogP contribution in [0.2, 0.25) is 0 Å². The van der Waals surface area contributed by atoms with Crippen LogP contribution in [0.3, 0.4) is 0 Å². The molecule has 0 N–H and O–H groups in total. The first-order chi connectivity index (χ1) is 7.79. The first kappa shape index (κ1) is 9.79. The molecule has 0 fully saturated rings. The van der Waals surface area contributed by atoms with Gasteiger partial charge in [0, 0.05) is 17.1 Å². The summed E-state index contributed by atoms with van der Waals surface area (Å²) >= 11 is 0. The molecule has 0 unspecified atom stereocenters. The van der Waals surface area contributed by atoms with Crippen LogP contribution in [0, 0.1) is 0 Å². The van der Waals surface area contributed by atoms with Gasteiger partial charge in [0.25, 0.3) is 0 Å². The number of rotatable bonds is 1. The molecule has 1 nitrogen and oxygen atoms in total. The van der Waals surface area contributed by atoms with E-state index in [4.69, 9.17) is 0 Å². The minimum atomic E-state index is -0.864. The van der Waals surface area contributed by atoms with Crippen LogP contribution in [-0.4, -0.2) is 10.5 Å². The van der Waals surface area contributed by atoms with Crippen molar-refractivity contribution >= 4 is 10.8 Å². The second kappa shape index (κ2) is 3.56. The van der Waals surface area contributed by atoms with Gasteiger partial charge in [-0.1, -0.05) is 48.5 Å². The van der Waals surface area contributed by atoms with Gasteiger partial charge in [0.1, 0.15) is 0 Å². The largest absolute Gasteiger partial charge is 0.259 e. The van der Waals surface area contributed by atoms with Gasteiger partial charge in [0.05, 0.1) is 5.25 Å². The maximum atomic E-state index is 11.9. The van der Waals surface area contributed by atoms with E-state index in [1.165, 1.54) is 22.3 Å². The maximum Gasteiger partial charge on any atom is 0.0855 e. The van der Waals surface area contributed by atoms with Crippen molar-refractivity contribution in [2.24, 2.45) is 0 Å². The van der Waals surface area contributed by atoms with E-state index >= 15 is 0 Å². The van der Waals surface area contributed by atoms with Crippen molar-refractivity contribution in [3.05, 3.63) is 59.7 Å². The lowest BCUT2D eigenvalue weighted by molar-refractivity contribution is 0.683. The third kappa shape index (κ3) is 1.26. The molecule has 1 aliphatic carbocycles.